The molecule has 2 aromatic rings. The number of carbonyl (C=O) groups is 1. The maximum Gasteiger partial charge on any atom is 0.363 e. The van der Waals surface area contributed by atoms with Crippen molar-refractivity contribution in [3.8, 4) is 0 Å². The van der Waals surface area contributed by atoms with Gasteiger partial charge in [-0.05, 0) is 34.8 Å². The molecule has 0 saturated heterocycles. The Morgan fingerprint density at radius 3 is 2.29 bits per heavy atom. The van der Waals surface area contributed by atoms with Gasteiger partial charge < -0.3 is 4.74 Å². The van der Waals surface area contributed by atoms with Crippen LogP contribution in [0.3, 0.4) is 0 Å². The summed E-state index contributed by atoms with van der Waals surface area (Å²) in [5, 5.41) is 0. The first-order valence-electron chi connectivity index (χ1n) is 7.97. The van der Waals surface area contributed by atoms with E-state index in [2.05, 4.69) is 31.0 Å². The van der Waals surface area contributed by atoms with Gasteiger partial charge in [0.25, 0.3) is 0 Å². The van der Waals surface area contributed by atoms with Crippen molar-refractivity contribution in [2.75, 3.05) is 0 Å². The van der Waals surface area contributed by atoms with E-state index >= 15 is 0 Å². The number of rotatable bonds is 4. The van der Waals surface area contributed by atoms with Gasteiger partial charge in [-0.3, -0.25) is 0 Å². The highest BCUT2D eigenvalue weighted by Gasteiger charge is 2.21. The molecule has 2 aromatic carbocycles. The van der Waals surface area contributed by atoms with Gasteiger partial charge in [0.2, 0.25) is 5.90 Å². The molecule has 3 rings (SSSR count). The number of hydrogen-bond donors (Lipinski definition) is 0. The Morgan fingerprint density at radius 1 is 0.917 bits per heavy atom. The molecule has 0 aromatic heterocycles. The number of cyclic esters (lactones) is 1. The molecule has 0 bridgehead atoms. The molecule has 0 saturated carbocycles. The van der Waals surface area contributed by atoms with Gasteiger partial charge in [-0.2, -0.15) is 0 Å². The Kier molecular flexibility index (Phi) is 4.71. The second-order valence-electron chi connectivity index (χ2n) is 5.93. The number of benzene rings is 2. The third-order valence-corrected chi connectivity index (χ3v) is 3.76. The van der Waals surface area contributed by atoms with Crippen LogP contribution in [0.15, 0.2) is 71.4 Å². The first-order valence-corrected chi connectivity index (χ1v) is 7.97. The fraction of sp³-hybridized carbons (Fsp3) is 0.143. The van der Waals surface area contributed by atoms with Crippen molar-refractivity contribution >= 4 is 24.0 Å². The largest absolute Gasteiger partial charge is 0.403 e. The Hall–Kier alpha value is -2.94. The Balaban J connectivity index is 1.77. The maximum atomic E-state index is 11.9. The second-order valence-corrected chi connectivity index (χ2v) is 5.93. The number of ether oxygens (including phenoxy) is 1. The first kappa shape index (κ1) is 15.9. The zero-order valence-electron chi connectivity index (χ0n) is 13.8. The minimum absolute atomic E-state index is 0.314. The van der Waals surface area contributed by atoms with E-state index in [-0.39, 0.29) is 0 Å². The van der Waals surface area contributed by atoms with E-state index in [9.17, 15) is 4.79 Å². The van der Waals surface area contributed by atoms with Crippen LogP contribution in [0.4, 0.5) is 0 Å². The SMILES string of the molecule is CC(C)c1ccc(/C=C2N=C(/C=C/c3ccccc3)OC\2=O)cc1. The van der Waals surface area contributed by atoms with Crippen LogP contribution in [0.1, 0.15) is 36.5 Å². The summed E-state index contributed by atoms with van der Waals surface area (Å²) in [7, 11) is 0. The Morgan fingerprint density at radius 2 is 1.62 bits per heavy atom. The predicted octanol–water partition coefficient (Wildman–Crippen LogP) is 4.82. The molecule has 3 nitrogen and oxygen atoms in total. The van der Waals surface area contributed by atoms with E-state index in [0.717, 1.165) is 11.1 Å². The third kappa shape index (κ3) is 3.87. The predicted molar refractivity (Wildman–Crippen MR) is 97.5 cm³/mol. The minimum Gasteiger partial charge on any atom is -0.403 e. The van der Waals surface area contributed by atoms with E-state index in [1.54, 1.807) is 12.2 Å². The summed E-state index contributed by atoms with van der Waals surface area (Å²) in [5.41, 5.74) is 3.54. The number of hydrogen-bond acceptors (Lipinski definition) is 3. The maximum absolute atomic E-state index is 11.9. The van der Waals surface area contributed by atoms with Gasteiger partial charge in [-0.15, -0.1) is 0 Å². The average Bonchev–Trinajstić information content (AvgIpc) is 2.94. The van der Waals surface area contributed by atoms with Crippen LogP contribution in [0, 0.1) is 0 Å². The van der Waals surface area contributed by atoms with Gasteiger partial charge in [-0.25, -0.2) is 9.79 Å². The van der Waals surface area contributed by atoms with E-state index in [1.165, 1.54) is 5.56 Å². The lowest BCUT2D eigenvalue weighted by molar-refractivity contribution is -0.129. The van der Waals surface area contributed by atoms with E-state index in [0.29, 0.717) is 17.5 Å². The smallest absolute Gasteiger partial charge is 0.363 e. The first-order chi connectivity index (χ1) is 11.6. The molecule has 120 valence electrons. The molecule has 0 atom stereocenters. The minimum atomic E-state index is -0.421. The van der Waals surface area contributed by atoms with Crippen LogP contribution in [0.5, 0.6) is 0 Å². The monoisotopic (exact) mass is 317 g/mol. The molecule has 24 heavy (non-hydrogen) atoms. The van der Waals surface area contributed by atoms with E-state index in [1.807, 2.05) is 48.5 Å². The van der Waals surface area contributed by atoms with Gasteiger partial charge in [-0.1, -0.05) is 68.4 Å². The van der Waals surface area contributed by atoms with Crippen molar-refractivity contribution in [3.63, 3.8) is 0 Å². The van der Waals surface area contributed by atoms with Gasteiger partial charge in [0.15, 0.2) is 5.70 Å². The third-order valence-electron chi connectivity index (χ3n) is 3.76. The van der Waals surface area contributed by atoms with Gasteiger partial charge in [0.05, 0.1) is 0 Å². The van der Waals surface area contributed by atoms with Crippen molar-refractivity contribution in [2.45, 2.75) is 19.8 Å². The van der Waals surface area contributed by atoms with Gasteiger partial charge in [0, 0.05) is 6.08 Å². The number of nitrogens with zero attached hydrogens (tertiary/aromatic N) is 1. The summed E-state index contributed by atoms with van der Waals surface area (Å²) in [6.45, 7) is 4.30. The molecule has 0 amide bonds. The number of esters is 1. The number of carbonyl (C=O) groups excluding carboxylic acids is 1. The molecule has 1 aliphatic heterocycles. The highest BCUT2D eigenvalue weighted by molar-refractivity contribution is 6.11. The molecule has 0 spiro atoms. The van der Waals surface area contributed by atoms with Crippen LogP contribution in [-0.2, 0) is 9.53 Å². The van der Waals surface area contributed by atoms with Gasteiger partial charge >= 0.3 is 5.97 Å². The molecule has 0 fully saturated rings. The summed E-state index contributed by atoms with van der Waals surface area (Å²) in [5.74, 6) is 0.375. The molecule has 1 aliphatic rings. The fourth-order valence-corrected chi connectivity index (χ4v) is 2.36. The molecule has 0 aliphatic carbocycles. The molecule has 3 heteroatoms. The zero-order valence-corrected chi connectivity index (χ0v) is 13.8. The van der Waals surface area contributed by atoms with Crippen LogP contribution >= 0.6 is 0 Å². The molecule has 0 radical (unpaired) electrons. The van der Waals surface area contributed by atoms with E-state index in [4.69, 9.17) is 4.74 Å². The Bertz CT molecular complexity index is 813. The molecule has 0 unspecified atom stereocenters. The molecular weight excluding hydrogens is 298 g/mol. The molecule has 0 N–H and O–H groups in total. The average molecular weight is 317 g/mol. The zero-order chi connectivity index (χ0) is 16.9. The van der Waals surface area contributed by atoms with Crippen molar-refractivity contribution in [2.24, 2.45) is 4.99 Å². The molecular formula is C21H19NO2. The lowest BCUT2D eigenvalue weighted by Crippen LogP contribution is -2.01. The highest BCUT2D eigenvalue weighted by Crippen LogP contribution is 2.19. The standard InChI is InChI=1S/C21H19NO2/c1-15(2)18-11-8-17(9-12-18)14-19-21(23)24-20(22-19)13-10-16-6-4-3-5-7-16/h3-15H,1-2H3/b13-10+,19-14-. The lowest BCUT2D eigenvalue weighted by atomic mass is 10.0. The van der Waals surface area contributed by atoms with Crippen molar-refractivity contribution in [1.82, 2.24) is 0 Å². The summed E-state index contributed by atoms with van der Waals surface area (Å²) >= 11 is 0. The fourth-order valence-electron chi connectivity index (χ4n) is 2.36. The van der Waals surface area contributed by atoms with Crippen LogP contribution in [-0.4, -0.2) is 11.9 Å². The topological polar surface area (TPSA) is 38.7 Å². The quantitative estimate of drug-likeness (QED) is 0.599. The lowest BCUT2D eigenvalue weighted by Gasteiger charge is -2.04. The summed E-state index contributed by atoms with van der Waals surface area (Å²) in [6.07, 6.45) is 5.32. The number of aliphatic imine (C=N–C) groups is 1. The van der Waals surface area contributed by atoms with E-state index < -0.39 is 5.97 Å². The van der Waals surface area contributed by atoms with Crippen LogP contribution in [0.25, 0.3) is 12.2 Å². The van der Waals surface area contributed by atoms with Crippen LogP contribution < -0.4 is 0 Å². The Labute approximate surface area is 142 Å². The summed E-state index contributed by atoms with van der Waals surface area (Å²) in [4.78, 5) is 16.2. The second kappa shape index (κ2) is 7.09. The summed E-state index contributed by atoms with van der Waals surface area (Å²) < 4.78 is 5.19. The van der Waals surface area contributed by atoms with Crippen molar-refractivity contribution in [3.05, 3.63) is 83.1 Å². The normalized spacial score (nSPS) is 16.0. The molecule has 1 heterocycles. The van der Waals surface area contributed by atoms with Crippen LogP contribution in [0.2, 0.25) is 0 Å². The highest BCUT2D eigenvalue weighted by atomic mass is 16.6. The van der Waals surface area contributed by atoms with Gasteiger partial charge in [0.1, 0.15) is 0 Å². The summed E-state index contributed by atoms with van der Waals surface area (Å²) in [6, 6.07) is 17.9. The van der Waals surface area contributed by atoms with Crippen molar-refractivity contribution in [1.29, 1.82) is 0 Å². The van der Waals surface area contributed by atoms with Crippen molar-refractivity contribution < 1.29 is 9.53 Å².